The van der Waals surface area contributed by atoms with E-state index in [1.807, 2.05) is 6.07 Å². The second-order valence-electron chi connectivity index (χ2n) is 4.23. The predicted molar refractivity (Wildman–Crippen MR) is 64.3 cm³/mol. The molecule has 1 aliphatic heterocycles. The third kappa shape index (κ3) is 2.23. The minimum absolute atomic E-state index is 0.267. The quantitative estimate of drug-likeness (QED) is 0.843. The number of nitrogens with zero attached hydrogens (tertiary/aromatic N) is 1. The molecule has 2 N–H and O–H groups in total. The van der Waals surface area contributed by atoms with Gasteiger partial charge in [0.05, 0.1) is 19.3 Å². The van der Waals surface area contributed by atoms with E-state index in [2.05, 4.69) is 39.8 Å². The van der Waals surface area contributed by atoms with Crippen molar-refractivity contribution in [2.24, 2.45) is 0 Å². The summed E-state index contributed by atoms with van der Waals surface area (Å²) < 4.78 is 5.59. The minimum Gasteiger partial charge on any atom is -0.375 e. The summed E-state index contributed by atoms with van der Waals surface area (Å²) >= 11 is 0. The highest BCUT2D eigenvalue weighted by molar-refractivity contribution is 5.31. The summed E-state index contributed by atoms with van der Waals surface area (Å²) in [7, 11) is 0. The van der Waals surface area contributed by atoms with Crippen molar-refractivity contribution in [1.29, 1.82) is 0 Å². The largest absolute Gasteiger partial charge is 0.375 e. The van der Waals surface area contributed by atoms with Gasteiger partial charge in [-0.05, 0) is 17.2 Å². The van der Waals surface area contributed by atoms with Crippen LogP contribution in [0, 0.1) is 0 Å². The van der Waals surface area contributed by atoms with Gasteiger partial charge in [0.1, 0.15) is 0 Å². The number of aromatic amines is 1. The number of nitrogens with one attached hydrogen (secondary N) is 2. The van der Waals surface area contributed by atoms with Gasteiger partial charge in [-0.3, -0.25) is 5.10 Å². The number of H-pyrrole nitrogens is 1. The van der Waals surface area contributed by atoms with Crippen LogP contribution in [0.15, 0.2) is 36.5 Å². The zero-order valence-electron chi connectivity index (χ0n) is 9.52. The van der Waals surface area contributed by atoms with Crippen LogP contribution in [0.4, 0.5) is 0 Å². The van der Waals surface area contributed by atoms with E-state index in [1.54, 1.807) is 6.20 Å². The van der Waals surface area contributed by atoms with Crippen LogP contribution in [0.5, 0.6) is 0 Å². The summed E-state index contributed by atoms with van der Waals surface area (Å²) in [5.74, 6) is 0. The van der Waals surface area contributed by atoms with E-state index >= 15 is 0 Å². The van der Waals surface area contributed by atoms with Gasteiger partial charge in [-0.15, -0.1) is 0 Å². The Morgan fingerprint density at radius 3 is 3.18 bits per heavy atom. The van der Waals surface area contributed by atoms with Gasteiger partial charge in [-0.25, -0.2) is 0 Å². The summed E-state index contributed by atoms with van der Waals surface area (Å²) in [5.41, 5.74) is 3.71. The molecule has 1 atom stereocenters. The van der Waals surface area contributed by atoms with Crippen LogP contribution < -0.4 is 5.32 Å². The highest BCUT2D eigenvalue weighted by Crippen LogP contribution is 2.24. The normalized spacial score (nSPS) is 18.9. The Morgan fingerprint density at radius 1 is 1.35 bits per heavy atom. The lowest BCUT2D eigenvalue weighted by Crippen LogP contribution is -2.29. The molecular weight excluding hydrogens is 214 g/mol. The van der Waals surface area contributed by atoms with Gasteiger partial charge in [0, 0.05) is 18.4 Å². The number of fused-ring (bicyclic) bond motifs is 1. The zero-order valence-corrected chi connectivity index (χ0v) is 9.52. The molecule has 0 aliphatic carbocycles. The number of aromatic nitrogens is 2. The lowest BCUT2D eigenvalue weighted by molar-refractivity contribution is 0.0816. The van der Waals surface area contributed by atoms with E-state index in [4.69, 9.17) is 4.74 Å². The van der Waals surface area contributed by atoms with E-state index in [-0.39, 0.29) is 6.04 Å². The molecule has 1 aromatic heterocycles. The SMILES string of the molecule is c1ccc2c(c1)COCC2NCc1ccn[nH]1. The maximum atomic E-state index is 5.59. The molecule has 2 heterocycles. The van der Waals surface area contributed by atoms with Crippen molar-refractivity contribution in [3.05, 3.63) is 53.3 Å². The lowest BCUT2D eigenvalue weighted by atomic mass is 9.99. The van der Waals surface area contributed by atoms with Crippen LogP contribution in [0.3, 0.4) is 0 Å². The third-order valence-corrected chi connectivity index (χ3v) is 3.07. The molecule has 0 saturated heterocycles. The Bertz CT molecular complexity index is 481. The standard InChI is InChI=1S/C13H15N3O/c1-2-4-12-10(3-1)8-17-9-13(12)14-7-11-5-6-15-16-11/h1-6,13-14H,7-9H2,(H,15,16). The van der Waals surface area contributed by atoms with Crippen LogP contribution in [0.25, 0.3) is 0 Å². The van der Waals surface area contributed by atoms with Gasteiger partial charge in [-0.1, -0.05) is 24.3 Å². The maximum absolute atomic E-state index is 5.59. The van der Waals surface area contributed by atoms with E-state index < -0.39 is 0 Å². The molecule has 4 heteroatoms. The second kappa shape index (κ2) is 4.69. The molecule has 4 nitrogen and oxygen atoms in total. The lowest BCUT2D eigenvalue weighted by Gasteiger charge is -2.26. The first-order valence-electron chi connectivity index (χ1n) is 5.80. The Hall–Kier alpha value is -1.65. The van der Waals surface area contributed by atoms with Gasteiger partial charge >= 0.3 is 0 Å². The Kier molecular flexibility index (Phi) is 2.90. The van der Waals surface area contributed by atoms with E-state index in [1.165, 1.54) is 11.1 Å². The van der Waals surface area contributed by atoms with Crippen LogP contribution in [-0.4, -0.2) is 16.8 Å². The Balaban J connectivity index is 1.72. The molecule has 0 saturated carbocycles. The molecule has 1 unspecified atom stereocenters. The van der Waals surface area contributed by atoms with Crippen LogP contribution in [0.1, 0.15) is 22.9 Å². The Morgan fingerprint density at radius 2 is 2.29 bits per heavy atom. The fourth-order valence-electron chi connectivity index (χ4n) is 2.17. The van der Waals surface area contributed by atoms with E-state index in [0.29, 0.717) is 0 Å². The Labute approximate surface area is 100 Å². The van der Waals surface area contributed by atoms with Gasteiger partial charge in [0.15, 0.2) is 0 Å². The van der Waals surface area contributed by atoms with E-state index in [0.717, 1.165) is 25.5 Å². The molecule has 3 rings (SSSR count). The summed E-state index contributed by atoms with van der Waals surface area (Å²) in [6.45, 7) is 2.23. The topological polar surface area (TPSA) is 49.9 Å². The van der Waals surface area contributed by atoms with Gasteiger partial charge < -0.3 is 10.1 Å². The van der Waals surface area contributed by atoms with Gasteiger partial charge in [-0.2, -0.15) is 5.10 Å². The number of hydrogen-bond donors (Lipinski definition) is 2. The van der Waals surface area contributed by atoms with Crippen LogP contribution in [0.2, 0.25) is 0 Å². The van der Waals surface area contributed by atoms with Crippen molar-refractivity contribution < 1.29 is 4.74 Å². The molecule has 0 spiro atoms. The molecule has 0 fully saturated rings. The van der Waals surface area contributed by atoms with Crippen molar-refractivity contribution in [3.8, 4) is 0 Å². The van der Waals surface area contributed by atoms with Crippen LogP contribution in [-0.2, 0) is 17.9 Å². The van der Waals surface area contributed by atoms with Crippen LogP contribution >= 0.6 is 0 Å². The molecule has 0 radical (unpaired) electrons. The van der Waals surface area contributed by atoms with E-state index in [9.17, 15) is 0 Å². The van der Waals surface area contributed by atoms with Crippen molar-refractivity contribution >= 4 is 0 Å². The summed E-state index contributed by atoms with van der Waals surface area (Å²) in [6.07, 6.45) is 1.77. The number of ether oxygens (including phenoxy) is 1. The smallest absolute Gasteiger partial charge is 0.0721 e. The van der Waals surface area contributed by atoms with Crippen molar-refractivity contribution in [2.45, 2.75) is 19.2 Å². The zero-order chi connectivity index (χ0) is 11.5. The summed E-state index contributed by atoms with van der Waals surface area (Å²) in [5, 5.41) is 10.4. The molecule has 1 aliphatic rings. The summed E-state index contributed by atoms with van der Waals surface area (Å²) in [6, 6.07) is 10.7. The molecule has 2 aromatic rings. The fraction of sp³-hybridized carbons (Fsp3) is 0.308. The van der Waals surface area contributed by atoms with Crippen molar-refractivity contribution in [2.75, 3.05) is 6.61 Å². The average Bonchev–Trinajstić information content (AvgIpc) is 2.89. The van der Waals surface area contributed by atoms with Gasteiger partial charge in [0.25, 0.3) is 0 Å². The number of rotatable bonds is 3. The highest BCUT2D eigenvalue weighted by Gasteiger charge is 2.19. The minimum atomic E-state index is 0.267. The predicted octanol–water partition coefficient (Wildman–Crippen LogP) is 1.77. The molecule has 1 aromatic carbocycles. The number of benzene rings is 1. The monoisotopic (exact) mass is 229 g/mol. The first kappa shape index (κ1) is 10.5. The first-order chi connectivity index (χ1) is 8.43. The maximum Gasteiger partial charge on any atom is 0.0721 e. The van der Waals surface area contributed by atoms with Crippen molar-refractivity contribution in [3.63, 3.8) is 0 Å². The summed E-state index contributed by atoms with van der Waals surface area (Å²) in [4.78, 5) is 0. The van der Waals surface area contributed by atoms with Crippen molar-refractivity contribution in [1.82, 2.24) is 15.5 Å². The number of hydrogen-bond acceptors (Lipinski definition) is 3. The fourth-order valence-corrected chi connectivity index (χ4v) is 2.17. The average molecular weight is 229 g/mol. The highest BCUT2D eigenvalue weighted by atomic mass is 16.5. The van der Waals surface area contributed by atoms with Gasteiger partial charge in [0.2, 0.25) is 0 Å². The first-order valence-corrected chi connectivity index (χ1v) is 5.80. The molecule has 0 bridgehead atoms. The molecule has 17 heavy (non-hydrogen) atoms. The molecular formula is C13H15N3O. The molecule has 88 valence electrons. The third-order valence-electron chi connectivity index (χ3n) is 3.07. The second-order valence-corrected chi connectivity index (χ2v) is 4.23. The molecule has 0 amide bonds.